The van der Waals surface area contributed by atoms with Gasteiger partial charge in [-0.3, -0.25) is 4.79 Å². The van der Waals surface area contributed by atoms with Crippen LogP contribution >= 0.6 is 11.8 Å². The molecular formula is C29H49NO5S. The van der Waals surface area contributed by atoms with Crippen LogP contribution in [0.25, 0.3) is 0 Å². The van der Waals surface area contributed by atoms with Crippen molar-refractivity contribution in [1.29, 1.82) is 0 Å². The molecule has 6 nitrogen and oxygen atoms in total. The number of thioether (sulfide) groups is 1. The fourth-order valence-corrected chi connectivity index (χ4v) is 10.4. The third-order valence-electron chi connectivity index (χ3n) is 11.1. The van der Waals surface area contributed by atoms with Gasteiger partial charge in [-0.25, -0.2) is 0 Å². The maximum absolute atomic E-state index is 13.1. The van der Waals surface area contributed by atoms with Crippen molar-refractivity contribution in [1.82, 2.24) is 0 Å². The van der Waals surface area contributed by atoms with E-state index in [1.165, 1.54) is 11.8 Å². The van der Waals surface area contributed by atoms with Gasteiger partial charge < -0.3 is 25.8 Å². The van der Waals surface area contributed by atoms with Crippen LogP contribution in [0.2, 0.25) is 0 Å². The van der Waals surface area contributed by atoms with Gasteiger partial charge in [-0.15, -0.1) is 18.3 Å². The molecule has 0 amide bonds. The molecule has 3 unspecified atom stereocenters. The molecule has 5 N–H and O–H groups in total. The fourth-order valence-electron chi connectivity index (χ4n) is 9.34. The van der Waals surface area contributed by atoms with E-state index in [9.17, 15) is 20.1 Å². The lowest BCUT2D eigenvalue weighted by atomic mass is 9.63. The van der Waals surface area contributed by atoms with Gasteiger partial charge in [0.15, 0.2) is 0 Å². The Balaban J connectivity index is 1.52. The van der Waals surface area contributed by atoms with Gasteiger partial charge in [0.05, 0.1) is 24.1 Å². The number of esters is 1. The maximum atomic E-state index is 13.1. The average molecular weight is 524 g/mol. The first-order chi connectivity index (χ1) is 17.0. The topological polar surface area (TPSA) is 113 Å². The maximum Gasteiger partial charge on any atom is 0.316 e. The Bertz CT molecular complexity index is 825. The van der Waals surface area contributed by atoms with Crippen LogP contribution < -0.4 is 5.73 Å². The summed E-state index contributed by atoms with van der Waals surface area (Å²) in [6, 6.07) is 0.0434. The van der Waals surface area contributed by atoms with E-state index in [1.54, 1.807) is 6.08 Å². The van der Waals surface area contributed by atoms with Gasteiger partial charge in [-0.1, -0.05) is 40.2 Å². The van der Waals surface area contributed by atoms with Crippen molar-refractivity contribution in [3.63, 3.8) is 0 Å². The first kappa shape index (κ1) is 28.4. The molecule has 4 fully saturated rings. The number of hydrogen-bond acceptors (Lipinski definition) is 7. The number of rotatable bonds is 11. The van der Waals surface area contributed by atoms with Gasteiger partial charge in [-0.2, -0.15) is 0 Å². The second-order valence-electron chi connectivity index (χ2n) is 12.7. The highest BCUT2D eigenvalue weighted by atomic mass is 32.2. The Hall–Kier alpha value is -0.600. The summed E-state index contributed by atoms with van der Waals surface area (Å²) in [6.45, 7) is 12.6. The molecule has 4 aliphatic carbocycles. The molecule has 0 aromatic rings. The highest BCUT2D eigenvalue weighted by Crippen LogP contribution is 2.91. The minimum atomic E-state index is -0.478. The summed E-state index contributed by atoms with van der Waals surface area (Å²) in [5.74, 6) is 0.613. The summed E-state index contributed by atoms with van der Waals surface area (Å²) in [7, 11) is 0. The molecule has 0 heterocycles. The zero-order valence-corrected chi connectivity index (χ0v) is 23.5. The summed E-state index contributed by atoms with van der Waals surface area (Å²) in [5, 5.41) is 32.7. The molecule has 4 rings (SSSR count). The molecule has 4 aliphatic rings. The Labute approximate surface area is 221 Å². The van der Waals surface area contributed by atoms with Crippen LogP contribution in [0.5, 0.6) is 0 Å². The summed E-state index contributed by atoms with van der Waals surface area (Å²) in [4.78, 5) is 13.1. The Morgan fingerprint density at radius 2 is 2.03 bits per heavy atom. The number of aliphatic hydroxyl groups is 3. The number of aliphatic hydroxyl groups excluding tert-OH is 3. The summed E-state index contributed by atoms with van der Waals surface area (Å²) < 4.78 is 6.30. The van der Waals surface area contributed by atoms with Crippen molar-refractivity contribution in [3.05, 3.63) is 12.7 Å². The predicted molar refractivity (Wildman–Crippen MR) is 144 cm³/mol. The zero-order chi connectivity index (χ0) is 26.5. The summed E-state index contributed by atoms with van der Waals surface area (Å²) >= 11 is 1.50. The van der Waals surface area contributed by atoms with Crippen molar-refractivity contribution < 1.29 is 24.9 Å². The molecule has 206 valence electrons. The molecule has 0 saturated heterocycles. The molecule has 0 radical (unpaired) electrons. The van der Waals surface area contributed by atoms with E-state index in [4.69, 9.17) is 10.5 Å². The van der Waals surface area contributed by atoms with Gasteiger partial charge in [0.25, 0.3) is 0 Å². The first-order valence-corrected chi connectivity index (χ1v) is 15.3. The van der Waals surface area contributed by atoms with Gasteiger partial charge in [0.2, 0.25) is 0 Å². The van der Waals surface area contributed by atoms with E-state index >= 15 is 0 Å². The van der Waals surface area contributed by atoms with E-state index < -0.39 is 12.2 Å². The van der Waals surface area contributed by atoms with E-state index in [-0.39, 0.29) is 63.3 Å². The monoisotopic (exact) mass is 523 g/mol. The molecule has 0 bridgehead atoms. The summed E-state index contributed by atoms with van der Waals surface area (Å²) in [5.41, 5.74) is 5.41. The van der Waals surface area contributed by atoms with Crippen LogP contribution in [0, 0.1) is 34.0 Å². The van der Waals surface area contributed by atoms with E-state index in [2.05, 4.69) is 34.3 Å². The highest BCUT2D eigenvalue weighted by molar-refractivity contribution is 8.00. The standard InChI is InChI=1S/C29H49NO5S/c1-6-8-20(31)18(4)28-13-12-23(33)29(28)15-17(3)27(5,26(28)29)24(9-7-2)35-25(34)16-36-22-11-10-19(30)14-21(22)32/h6,17-24,26,31-33H,1,7-16,30H2,2-5H3/t17?,18-,19+,20+,21+,22+,23?,24+,26-,27-,28+,29?/m0/s1. The van der Waals surface area contributed by atoms with Gasteiger partial charge in [0.1, 0.15) is 6.10 Å². The van der Waals surface area contributed by atoms with Crippen molar-refractivity contribution in [2.45, 2.75) is 121 Å². The van der Waals surface area contributed by atoms with Crippen LogP contribution in [-0.2, 0) is 9.53 Å². The molecule has 12 atom stereocenters. The summed E-state index contributed by atoms with van der Waals surface area (Å²) in [6.07, 6.45) is 7.41. The molecule has 7 heteroatoms. The quantitative estimate of drug-likeness (QED) is 0.239. The third-order valence-corrected chi connectivity index (χ3v) is 12.5. The highest BCUT2D eigenvalue weighted by Gasteiger charge is 2.90. The first-order valence-electron chi connectivity index (χ1n) is 14.2. The lowest BCUT2D eigenvalue weighted by molar-refractivity contribution is -0.158. The molecule has 0 aliphatic heterocycles. The van der Waals surface area contributed by atoms with E-state index in [0.717, 1.165) is 44.9 Å². The minimum absolute atomic E-state index is 0.0274. The molecular weight excluding hydrogens is 474 g/mol. The smallest absolute Gasteiger partial charge is 0.316 e. The third kappa shape index (κ3) is 4.20. The largest absolute Gasteiger partial charge is 0.461 e. The number of nitrogens with two attached hydrogens (primary N) is 1. The Morgan fingerprint density at radius 3 is 2.67 bits per heavy atom. The molecule has 1 spiro atoms. The average Bonchev–Trinajstić information content (AvgIpc) is 3.20. The number of carbonyl (C=O) groups is 1. The van der Waals surface area contributed by atoms with Crippen molar-refractivity contribution in [2.24, 2.45) is 39.7 Å². The SMILES string of the molecule is C=CC[C@@H](O)[C@H](C)[C@@]12CCC(O)C13CC(C)[C@@](C)([C@@H](CCC)OC(=O)CS[C@@H]1CC[C@@H](N)C[C@H]1O)[C@H]32. The van der Waals surface area contributed by atoms with E-state index in [1.807, 2.05) is 0 Å². The second-order valence-corrected chi connectivity index (χ2v) is 13.9. The normalized spacial score (nSPS) is 45.9. The van der Waals surface area contributed by atoms with Crippen molar-refractivity contribution in [2.75, 3.05) is 5.75 Å². The predicted octanol–water partition coefficient (Wildman–Crippen LogP) is 4.05. The zero-order valence-electron chi connectivity index (χ0n) is 22.7. The van der Waals surface area contributed by atoms with Gasteiger partial charge >= 0.3 is 5.97 Å². The number of ether oxygens (including phenoxy) is 1. The lowest BCUT2D eigenvalue weighted by Crippen LogP contribution is -2.45. The molecule has 4 saturated carbocycles. The molecule has 36 heavy (non-hydrogen) atoms. The van der Waals surface area contributed by atoms with Crippen LogP contribution in [-0.4, -0.2) is 62.7 Å². The van der Waals surface area contributed by atoms with Crippen molar-refractivity contribution in [3.8, 4) is 0 Å². The molecule has 0 aromatic heterocycles. The van der Waals surface area contributed by atoms with Crippen molar-refractivity contribution >= 4 is 17.7 Å². The van der Waals surface area contributed by atoms with Crippen LogP contribution in [0.1, 0.15) is 85.5 Å². The van der Waals surface area contributed by atoms with Crippen LogP contribution in [0.3, 0.4) is 0 Å². The number of carbonyl (C=O) groups excluding carboxylic acids is 1. The Kier molecular flexibility index (Phi) is 8.30. The van der Waals surface area contributed by atoms with Gasteiger partial charge in [-0.05, 0) is 74.5 Å². The number of hydrogen-bond donors (Lipinski definition) is 4. The lowest BCUT2D eigenvalue weighted by Gasteiger charge is -2.44. The Morgan fingerprint density at radius 1 is 1.31 bits per heavy atom. The number of fused-ring (bicyclic) bond motifs is 1. The molecule has 0 aromatic carbocycles. The van der Waals surface area contributed by atoms with Gasteiger partial charge in [0, 0.05) is 22.1 Å². The van der Waals surface area contributed by atoms with E-state index in [0.29, 0.717) is 18.8 Å². The second kappa shape index (κ2) is 10.5. The minimum Gasteiger partial charge on any atom is -0.461 e. The fraction of sp³-hybridized carbons (Fsp3) is 0.897. The van der Waals surface area contributed by atoms with Crippen LogP contribution in [0.15, 0.2) is 12.7 Å². The van der Waals surface area contributed by atoms with Crippen LogP contribution in [0.4, 0.5) is 0 Å².